The maximum absolute atomic E-state index is 2.79. The number of rotatable bonds is 4. The molecule has 3 nitrogen and oxygen atoms in total. The lowest BCUT2D eigenvalue weighted by Gasteiger charge is -2.46. The molecule has 7 aromatic rings. The van der Waals surface area contributed by atoms with Gasteiger partial charge in [-0.2, -0.15) is 0 Å². The van der Waals surface area contributed by atoms with Crippen LogP contribution >= 0.6 is 0 Å². The van der Waals surface area contributed by atoms with E-state index in [0.29, 0.717) is 0 Å². The molecule has 0 spiro atoms. The highest BCUT2D eigenvalue weighted by Crippen LogP contribution is 2.67. The molecule has 2 unspecified atom stereocenters. The van der Waals surface area contributed by atoms with Gasteiger partial charge < -0.3 is 14.7 Å². The van der Waals surface area contributed by atoms with Gasteiger partial charge in [0.25, 0.3) is 6.71 Å². The molecule has 0 N–H and O–H groups in total. The number of nitrogens with zero attached hydrogens (tertiary/aromatic N) is 3. The first-order valence-electron chi connectivity index (χ1n) is 27.5. The van der Waals surface area contributed by atoms with Crippen LogP contribution in [0.15, 0.2) is 133 Å². The van der Waals surface area contributed by atoms with Crippen molar-refractivity contribution in [1.82, 2.24) is 0 Å². The molecule has 3 aliphatic heterocycles. The van der Waals surface area contributed by atoms with Gasteiger partial charge in [-0.25, -0.2) is 0 Å². The Kier molecular flexibility index (Phi) is 10.2. The molecule has 0 bridgehead atoms. The SMILES string of the molecule is Cc1cc2c3c(c1)N(c1ccc(C(C)(C)C)cc1-c1ccccc1)c1cc4c(cc1B3c1ccc(N3c5ccc(C(C)(C)C)cc5C5(C)CC(C)(C)CC35C)cc1N2c1ccc(C(C)(C)C)cc1)CC(C)(C)C4. The third kappa shape index (κ3) is 7.33. The van der Waals surface area contributed by atoms with Crippen molar-refractivity contribution in [2.75, 3.05) is 14.7 Å². The number of hydrogen-bond donors (Lipinski definition) is 0. The van der Waals surface area contributed by atoms with Gasteiger partial charge in [0, 0.05) is 50.8 Å². The highest BCUT2D eigenvalue weighted by molar-refractivity contribution is 7.00. The zero-order chi connectivity index (χ0) is 51.7. The van der Waals surface area contributed by atoms with Crippen LogP contribution in [0, 0.1) is 17.8 Å². The Hall–Kier alpha value is -6.00. The third-order valence-electron chi connectivity index (χ3n) is 18.3. The predicted molar refractivity (Wildman–Crippen MR) is 315 cm³/mol. The standard InChI is InChI=1S/C69H78BN3/c1-43-32-60-62-61(33-43)72(56-30-24-48(64(5,6)7)36-52(56)44-20-18-17-19-21-44)58-35-46-40-66(11,12)39-45(46)34-55(58)70(62)54-29-28-51(38-59(54)71(60)50-26-22-47(23-27-50)63(2,3)4)73-57-31-25-49(65(8,9)10)37-53(57)68(15)41-67(13,14)42-69(68,73)16/h17-38H,39-42H2,1-16H3. The van der Waals surface area contributed by atoms with Crippen LogP contribution in [0.2, 0.25) is 0 Å². The summed E-state index contributed by atoms with van der Waals surface area (Å²) in [5.41, 5.74) is 27.0. The van der Waals surface area contributed by atoms with Crippen molar-refractivity contribution in [3.05, 3.63) is 172 Å². The van der Waals surface area contributed by atoms with Gasteiger partial charge in [0.15, 0.2) is 0 Å². The summed E-state index contributed by atoms with van der Waals surface area (Å²) < 4.78 is 0. The largest absolute Gasteiger partial charge is 0.334 e. The van der Waals surface area contributed by atoms with Crippen LogP contribution in [0.5, 0.6) is 0 Å². The van der Waals surface area contributed by atoms with E-state index in [1.165, 1.54) is 112 Å². The van der Waals surface area contributed by atoms with Gasteiger partial charge in [-0.05, 0) is 188 Å². The minimum absolute atomic E-state index is 0.00992. The van der Waals surface area contributed by atoms with Gasteiger partial charge in [-0.15, -0.1) is 0 Å². The molecule has 3 heterocycles. The Balaban J connectivity index is 1.14. The van der Waals surface area contributed by atoms with Crippen molar-refractivity contribution in [3.63, 3.8) is 0 Å². The van der Waals surface area contributed by atoms with E-state index < -0.39 is 0 Å². The highest BCUT2D eigenvalue weighted by atomic mass is 15.3. The first kappa shape index (κ1) is 48.0. The maximum Gasteiger partial charge on any atom is 0.252 e. The summed E-state index contributed by atoms with van der Waals surface area (Å²) in [7, 11) is 0. The van der Waals surface area contributed by atoms with Crippen molar-refractivity contribution in [2.24, 2.45) is 10.8 Å². The maximum atomic E-state index is 2.79. The van der Waals surface area contributed by atoms with E-state index in [1.807, 2.05) is 0 Å². The Labute approximate surface area is 439 Å². The number of aryl methyl sites for hydroxylation is 1. The van der Waals surface area contributed by atoms with Crippen LogP contribution < -0.4 is 31.1 Å². The monoisotopic (exact) mass is 960 g/mol. The summed E-state index contributed by atoms with van der Waals surface area (Å²) >= 11 is 0. The van der Waals surface area contributed by atoms with E-state index in [9.17, 15) is 0 Å². The molecule has 0 radical (unpaired) electrons. The zero-order valence-electron chi connectivity index (χ0n) is 46.9. The van der Waals surface area contributed by atoms with Crippen LogP contribution in [-0.2, 0) is 34.5 Å². The quantitative estimate of drug-likeness (QED) is 0.163. The molecule has 73 heavy (non-hydrogen) atoms. The summed E-state index contributed by atoms with van der Waals surface area (Å²) in [4.78, 5) is 8.11. The fraction of sp³-hybridized carbons (Fsp3) is 0.391. The average molecular weight is 960 g/mol. The van der Waals surface area contributed by atoms with E-state index in [2.05, 4.69) is 259 Å². The van der Waals surface area contributed by atoms with Crippen LogP contribution in [-0.4, -0.2) is 12.3 Å². The summed E-state index contributed by atoms with van der Waals surface area (Å²) in [6, 6.07) is 53.3. The molecule has 2 aliphatic carbocycles. The molecular formula is C69H78BN3. The Bertz CT molecular complexity index is 3410. The van der Waals surface area contributed by atoms with Gasteiger partial charge in [0.1, 0.15) is 0 Å². The Morgan fingerprint density at radius 2 is 1.01 bits per heavy atom. The lowest BCUT2D eigenvalue weighted by Crippen LogP contribution is -2.61. The van der Waals surface area contributed by atoms with Crippen LogP contribution in [0.25, 0.3) is 11.1 Å². The molecule has 0 saturated heterocycles. The second-order valence-corrected chi connectivity index (χ2v) is 28.3. The average Bonchev–Trinajstić information content (AvgIpc) is 3.79. The summed E-state index contributed by atoms with van der Waals surface area (Å²) in [5.74, 6) is 0. The molecule has 12 rings (SSSR count). The molecule has 1 saturated carbocycles. The van der Waals surface area contributed by atoms with Gasteiger partial charge in [-0.1, -0.05) is 170 Å². The minimum atomic E-state index is -0.122. The van der Waals surface area contributed by atoms with Gasteiger partial charge in [-0.3, -0.25) is 0 Å². The normalized spacial score (nSPS) is 21.2. The summed E-state index contributed by atoms with van der Waals surface area (Å²) in [6.07, 6.45) is 4.44. The van der Waals surface area contributed by atoms with Gasteiger partial charge >= 0.3 is 0 Å². The molecule has 372 valence electrons. The van der Waals surface area contributed by atoms with E-state index in [4.69, 9.17) is 0 Å². The van der Waals surface area contributed by atoms with Crippen LogP contribution in [0.1, 0.15) is 156 Å². The third-order valence-corrected chi connectivity index (χ3v) is 18.3. The lowest BCUT2D eigenvalue weighted by molar-refractivity contribution is 0.330. The fourth-order valence-electron chi connectivity index (χ4n) is 14.9. The molecular weight excluding hydrogens is 882 g/mol. The predicted octanol–water partition coefficient (Wildman–Crippen LogP) is 16.8. The molecule has 1 fully saturated rings. The van der Waals surface area contributed by atoms with Crippen LogP contribution in [0.3, 0.4) is 0 Å². The Morgan fingerprint density at radius 3 is 1.66 bits per heavy atom. The fourth-order valence-corrected chi connectivity index (χ4v) is 14.9. The number of hydrogen-bond acceptors (Lipinski definition) is 3. The highest BCUT2D eigenvalue weighted by Gasteiger charge is 2.64. The lowest BCUT2D eigenvalue weighted by atomic mass is 9.33. The molecule has 2 atom stereocenters. The zero-order valence-corrected chi connectivity index (χ0v) is 46.9. The summed E-state index contributed by atoms with van der Waals surface area (Å²) in [6.45, 7) is 38.5. The van der Waals surface area contributed by atoms with Crippen molar-refractivity contribution in [2.45, 2.75) is 164 Å². The summed E-state index contributed by atoms with van der Waals surface area (Å²) in [5, 5.41) is 0. The first-order valence-corrected chi connectivity index (χ1v) is 27.5. The number of fused-ring (bicyclic) bond motifs is 8. The second-order valence-electron chi connectivity index (χ2n) is 28.3. The molecule has 5 aliphatic rings. The van der Waals surface area contributed by atoms with Crippen molar-refractivity contribution < 1.29 is 0 Å². The van der Waals surface area contributed by atoms with E-state index in [0.717, 1.165) is 25.7 Å². The van der Waals surface area contributed by atoms with E-state index in [-0.39, 0.29) is 44.7 Å². The van der Waals surface area contributed by atoms with Gasteiger partial charge in [0.2, 0.25) is 0 Å². The van der Waals surface area contributed by atoms with Gasteiger partial charge in [0.05, 0.1) is 11.2 Å². The number of anilines is 8. The topological polar surface area (TPSA) is 9.72 Å². The van der Waals surface area contributed by atoms with Crippen LogP contribution in [0.4, 0.5) is 45.5 Å². The molecule has 7 aromatic carbocycles. The smallest absolute Gasteiger partial charge is 0.252 e. The van der Waals surface area contributed by atoms with E-state index in [1.54, 1.807) is 0 Å². The van der Waals surface area contributed by atoms with Crippen molar-refractivity contribution in [1.29, 1.82) is 0 Å². The number of benzene rings is 7. The molecule has 4 heteroatoms. The minimum Gasteiger partial charge on any atom is -0.334 e. The first-order chi connectivity index (χ1) is 34.2. The van der Waals surface area contributed by atoms with Crippen molar-refractivity contribution in [3.8, 4) is 11.1 Å². The molecule has 0 aromatic heterocycles. The second kappa shape index (κ2) is 15.5. The van der Waals surface area contributed by atoms with Crippen molar-refractivity contribution >= 4 is 68.6 Å². The molecule has 0 amide bonds. The van der Waals surface area contributed by atoms with E-state index >= 15 is 0 Å². The Morgan fingerprint density at radius 1 is 0.452 bits per heavy atom.